The molecule has 1 aliphatic rings. The Morgan fingerprint density at radius 3 is 3.05 bits per heavy atom. The smallest absolute Gasteiger partial charge is 0.258 e. The molecule has 0 unspecified atom stereocenters. The largest absolute Gasteiger partial charge is 0.484 e. The summed E-state index contributed by atoms with van der Waals surface area (Å²) in [4.78, 5) is 16.2. The Balaban J connectivity index is 1.47. The van der Waals surface area contributed by atoms with Gasteiger partial charge in [-0.05, 0) is 30.7 Å². The van der Waals surface area contributed by atoms with E-state index in [2.05, 4.69) is 14.9 Å². The SMILES string of the molecule is N#Cc1ccc(OCC(=O)N[C@@H]2CCc3nccn3C2)cc1. The number of hydrogen-bond acceptors (Lipinski definition) is 4. The standard InChI is InChI=1S/C16H16N4O2/c17-9-12-1-4-14(5-2-12)22-11-16(21)19-13-3-6-15-18-7-8-20(15)10-13/h1-2,4-5,7-8,13H,3,6,10-11H2,(H,19,21)/t13-/m1/s1. The lowest BCUT2D eigenvalue weighted by molar-refractivity contribution is -0.124. The first-order valence-corrected chi connectivity index (χ1v) is 7.17. The number of imidazole rings is 1. The van der Waals surface area contributed by atoms with Crippen molar-refractivity contribution in [2.75, 3.05) is 6.61 Å². The Labute approximate surface area is 128 Å². The molecule has 3 rings (SSSR count). The summed E-state index contributed by atoms with van der Waals surface area (Å²) >= 11 is 0. The number of ether oxygens (including phenoxy) is 1. The number of carbonyl (C=O) groups excluding carboxylic acids is 1. The highest BCUT2D eigenvalue weighted by Crippen LogP contribution is 2.14. The molecule has 2 aromatic rings. The Morgan fingerprint density at radius 1 is 1.45 bits per heavy atom. The van der Waals surface area contributed by atoms with E-state index in [1.54, 1.807) is 30.5 Å². The van der Waals surface area contributed by atoms with Gasteiger partial charge in [-0.1, -0.05) is 0 Å². The van der Waals surface area contributed by atoms with Gasteiger partial charge in [0.05, 0.1) is 11.6 Å². The first-order valence-electron chi connectivity index (χ1n) is 7.17. The maximum atomic E-state index is 11.9. The molecule has 6 heteroatoms. The number of nitrogens with one attached hydrogen (secondary N) is 1. The predicted octanol–water partition coefficient (Wildman–Crippen LogP) is 1.26. The van der Waals surface area contributed by atoms with Gasteiger partial charge in [-0.3, -0.25) is 4.79 Å². The normalized spacial score (nSPS) is 16.4. The fraction of sp³-hybridized carbons (Fsp3) is 0.312. The topological polar surface area (TPSA) is 79.9 Å². The average molecular weight is 296 g/mol. The van der Waals surface area contributed by atoms with E-state index < -0.39 is 0 Å². The Kier molecular flexibility index (Phi) is 4.05. The minimum atomic E-state index is -0.141. The molecule has 0 aliphatic carbocycles. The molecule has 0 radical (unpaired) electrons. The quantitative estimate of drug-likeness (QED) is 0.921. The van der Waals surface area contributed by atoms with Gasteiger partial charge in [-0.2, -0.15) is 5.26 Å². The molecule has 2 heterocycles. The van der Waals surface area contributed by atoms with Crippen LogP contribution in [-0.2, 0) is 17.8 Å². The number of benzene rings is 1. The minimum absolute atomic E-state index is 0.0286. The Morgan fingerprint density at radius 2 is 2.27 bits per heavy atom. The van der Waals surface area contributed by atoms with Crippen molar-refractivity contribution >= 4 is 5.91 Å². The van der Waals surface area contributed by atoms with Crippen LogP contribution in [0.5, 0.6) is 5.75 Å². The zero-order chi connectivity index (χ0) is 15.4. The fourth-order valence-corrected chi connectivity index (χ4v) is 2.53. The van der Waals surface area contributed by atoms with Crippen molar-refractivity contribution in [2.24, 2.45) is 0 Å². The first-order chi connectivity index (χ1) is 10.7. The minimum Gasteiger partial charge on any atom is -0.484 e. The number of nitriles is 1. The molecular formula is C16H16N4O2. The van der Waals surface area contributed by atoms with Crippen LogP contribution < -0.4 is 10.1 Å². The van der Waals surface area contributed by atoms with E-state index >= 15 is 0 Å². The zero-order valence-corrected chi connectivity index (χ0v) is 12.0. The highest BCUT2D eigenvalue weighted by Gasteiger charge is 2.20. The van der Waals surface area contributed by atoms with E-state index in [1.807, 2.05) is 12.3 Å². The Bertz CT molecular complexity index is 700. The molecule has 22 heavy (non-hydrogen) atoms. The number of carbonyl (C=O) groups is 1. The van der Waals surface area contributed by atoms with Gasteiger partial charge < -0.3 is 14.6 Å². The van der Waals surface area contributed by atoms with Crippen molar-refractivity contribution in [3.63, 3.8) is 0 Å². The molecule has 1 aromatic heterocycles. The van der Waals surface area contributed by atoms with Crippen LogP contribution in [0.15, 0.2) is 36.7 Å². The van der Waals surface area contributed by atoms with Crippen LogP contribution in [-0.4, -0.2) is 28.1 Å². The number of fused-ring (bicyclic) bond motifs is 1. The molecule has 0 bridgehead atoms. The maximum absolute atomic E-state index is 11.9. The highest BCUT2D eigenvalue weighted by atomic mass is 16.5. The van der Waals surface area contributed by atoms with Crippen LogP contribution in [0.3, 0.4) is 0 Å². The molecule has 1 atom stereocenters. The van der Waals surface area contributed by atoms with E-state index in [0.29, 0.717) is 11.3 Å². The monoisotopic (exact) mass is 296 g/mol. The third kappa shape index (κ3) is 3.26. The summed E-state index contributed by atoms with van der Waals surface area (Å²) in [5.41, 5.74) is 0.565. The predicted molar refractivity (Wildman–Crippen MR) is 79.1 cm³/mol. The van der Waals surface area contributed by atoms with Crippen LogP contribution >= 0.6 is 0 Å². The number of nitrogens with zero attached hydrogens (tertiary/aromatic N) is 3. The molecule has 112 valence electrons. The van der Waals surface area contributed by atoms with E-state index in [0.717, 1.165) is 25.2 Å². The van der Waals surface area contributed by atoms with Crippen LogP contribution in [0.25, 0.3) is 0 Å². The maximum Gasteiger partial charge on any atom is 0.258 e. The third-order valence-corrected chi connectivity index (χ3v) is 3.65. The second-order valence-electron chi connectivity index (χ2n) is 5.22. The van der Waals surface area contributed by atoms with Crippen molar-refractivity contribution in [2.45, 2.75) is 25.4 Å². The van der Waals surface area contributed by atoms with Crippen molar-refractivity contribution < 1.29 is 9.53 Å². The number of rotatable bonds is 4. The number of aryl methyl sites for hydroxylation is 1. The molecule has 1 N–H and O–H groups in total. The van der Waals surface area contributed by atoms with Gasteiger partial charge in [0, 0.05) is 31.4 Å². The molecule has 1 aliphatic heterocycles. The summed E-state index contributed by atoms with van der Waals surface area (Å²) in [6.07, 6.45) is 5.47. The van der Waals surface area contributed by atoms with Crippen molar-refractivity contribution in [1.82, 2.24) is 14.9 Å². The van der Waals surface area contributed by atoms with E-state index in [4.69, 9.17) is 10.00 Å². The average Bonchev–Trinajstić information content (AvgIpc) is 3.01. The summed E-state index contributed by atoms with van der Waals surface area (Å²) < 4.78 is 7.49. The van der Waals surface area contributed by atoms with Gasteiger partial charge in [0.15, 0.2) is 6.61 Å². The highest BCUT2D eigenvalue weighted by molar-refractivity contribution is 5.77. The molecule has 0 spiro atoms. The molecular weight excluding hydrogens is 280 g/mol. The van der Waals surface area contributed by atoms with Crippen LogP contribution in [0.4, 0.5) is 0 Å². The molecule has 0 saturated carbocycles. The Hall–Kier alpha value is -2.81. The zero-order valence-electron chi connectivity index (χ0n) is 12.0. The van der Waals surface area contributed by atoms with Gasteiger partial charge >= 0.3 is 0 Å². The second-order valence-corrected chi connectivity index (χ2v) is 5.22. The number of aromatic nitrogens is 2. The first kappa shape index (κ1) is 14.1. The van der Waals surface area contributed by atoms with Gasteiger partial charge in [0.2, 0.25) is 0 Å². The lowest BCUT2D eigenvalue weighted by Crippen LogP contribution is -2.42. The van der Waals surface area contributed by atoms with Crippen LogP contribution in [0, 0.1) is 11.3 Å². The third-order valence-electron chi connectivity index (χ3n) is 3.65. The number of hydrogen-bond donors (Lipinski definition) is 1. The van der Waals surface area contributed by atoms with Crippen LogP contribution in [0.1, 0.15) is 17.8 Å². The summed E-state index contributed by atoms with van der Waals surface area (Å²) in [6.45, 7) is 0.719. The summed E-state index contributed by atoms with van der Waals surface area (Å²) in [7, 11) is 0. The van der Waals surface area contributed by atoms with Crippen molar-refractivity contribution in [3.8, 4) is 11.8 Å². The van der Waals surface area contributed by atoms with Crippen LogP contribution in [0.2, 0.25) is 0 Å². The van der Waals surface area contributed by atoms with E-state index in [9.17, 15) is 4.79 Å². The molecule has 1 aromatic carbocycles. The van der Waals surface area contributed by atoms with E-state index in [1.165, 1.54) is 0 Å². The van der Waals surface area contributed by atoms with E-state index in [-0.39, 0.29) is 18.6 Å². The molecule has 6 nitrogen and oxygen atoms in total. The summed E-state index contributed by atoms with van der Waals surface area (Å²) in [6, 6.07) is 8.84. The summed E-state index contributed by atoms with van der Waals surface area (Å²) in [5, 5.41) is 11.7. The van der Waals surface area contributed by atoms with Gasteiger partial charge in [-0.15, -0.1) is 0 Å². The van der Waals surface area contributed by atoms with Gasteiger partial charge in [0.1, 0.15) is 11.6 Å². The van der Waals surface area contributed by atoms with Gasteiger partial charge in [0.25, 0.3) is 5.91 Å². The lowest BCUT2D eigenvalue weighted by atomic mass is 10.1. The molecule has 0 fully saturated rings. The molecule has 0 saturated heterocycles. The van der Waals surface area contributed by atoms with Crippen molar-refractivity contribution in [1.29, 1.82) is 5.26 Å². The second kappa shape index (κ2) is 6.31. The number of amides is 1. The van der Waals surface area contributed by atoms with Gasteiger partial charge in [-0.25, -0.2) is 4.98 Å². The molecule has 1 amide bonds. The summed E-state index contributed by atoms with van der Waals surface area (Å²) in [5.74, 6) is 1.51. The lowest BCUT2D eigenvalue weighted by Gasteiger charge is -2.24. The fourth-order valence-electron chi connectivity index (χ4n) is 2.53. The van der Waals surface area contributed by atoms with Crippen molar-refractivity contribution in [3.05, 3.63) is 48.0 Å².